The van der Waals surface area contributed by atoms with E-state index < -0.39 is 16.4 Å². The van der Waals surface area contributed by atoms with Crippen LogP contribution in [0.3, 0.4) is 0 Å². The molecule has 1 fully saturated rings. The van der Waals surface area contributed by atoms with Gasteiger partial charge in [-0.25, -0.2) is 4.79 Å². The molecule has 1 aliphatic heterocycles. The summed E-state index contributed by atoms with van der Waals surface area (Å²) in [5.74, 6) is 0. The van der Waals surface area contributed by atoms with Crippen LogP contribution in [-0.2, 0) is 19.2 Å². The summed E-state index contributed by atoms with van der Waals surface area (Å²) in [6, 6.07) is -0.321. The summed E-state index contributed by atoms with van der Waals surface area (Å²) in [5, 5.41) is 0. The highest BCUT2D eigenvalue weighted by atomic mass is 32.2. The summed E-state index contributed by atoms with van der Waals surface area (Å²) < 4.78 is 33.2. The number of hydrogen-bond donors (Lipinski definition) is 0. The van der Waals surface area contributed by atoms with Gasteiger partial charge in [-0.2, -0.15) is 12.7 Å². The van der Waals surface area contributed by atoms with Gasteiger partial charge in [-0.05, 0) is 6.92 Å². The topological polar surface area (TPSA) is 76.2 Å². The lowest BCUT2D eigenvalue weighted by Crippen LogP contribution is -2.55. The van der Waals surface area contributed by atoms with Crippen LogP contribution in [0.15, 0.2) is 0 Å². The molecule has 0 aliphatic carbocycles. The van der Waals surface area contributed by atoms with Crippen molar-refractivity contribution in [2.24, 2.45) is 0 Å². The first-order valence-corrected chi connectivity index (χ1v) is 6.19. The predicted molar refractivity (Wildman–Crippen MR) is 56.1 cm³/mol. The Bertz CT molecular complexity index is 355. The Labute approximate surface area is 95.2 Å². The molecule has 0 radical (unpaired) electrons. The lowest BCUT2D eigenvalue weighted by atomic mass is 10.2. The van der Waals surface area contributed by atoms with Crippen LogP contribution < -0.4 is 0 Å². The second kappa shape index (κ2) is 4.98. The summed E-state index contributed by atoms with van der Waals surface area (Å²) in [6.07, 6.45) is -0.443. The van der Waals surface area contributed by atoms with Gasteiger partial charge in [0.1, 0.15) is 0 Å². The highest BCUT2D eigenvalue weighted by Crippen LogP contribution is 2.15. The average molecular weight is 252 g/mol. The fourth-order valence-electron chi connectivity index (χ4n) is 1.66. The van der Waals surface area contributed by atoms with E-state index in [2.05, 4.69) is 8.92 Å². The maximum Gasteiger partial charge on any atom is 0.409 e. The van der Waals surface area contributed by atoms with Crippen molar-refractivity contribution in [1.29, 1.82) is 0 Å². The number of hydrogen-bond acceptors (Lipinski definition) is 5. The lowest BCUT2D eigenvalue weighted by Gasteiger charge is -2.37. The Morgan fingerprint density at radius 1 is 1.31 bits per heavy atom. The summed E-state index contributed by atoms with van der Waals surface area (Å²) in [6.45, 7) is 2.53. The van der Waals surface area contributed by atoms with Crippen molar-refractivity contribution in [2.75, 3.05) is 33.9 Å². The monoisotopic (exact) mass is 252 g/mol. The number of carbonyl (C=O) groups is 1. The molecule has 7 nitrogen and oxygen atoms in total. The van der Waals surface area contributed by atoms with Crippen molar-refractivity contribution in [3.05, 3.63) is 0 Å². The molecular formula is C8H16N2O5S. The first-order chi connectivity index (χ1) is 7.42. The van der Waals surface area contributed by atoms with Crippen LogP contribution in [0.4, 0.5) is 4.79 Å². The SMILES string of the molecule is COC(=O)N1CCN(S(=O)(=O)OC)C(C)C1. The molecule has 0 aromatic rings. The minimum absolute atomic E-state index is 0.215. The maximum atomic E-state index is 11.5. The first-order valence-electron chi connectivity index (χ1n) is 4.82. The number of amides is 1. The van der Waals surface area contributed by atoms with Gasteiger partial charge in [-0.15, -0.1) is 0 Å². The van der Waals surface area contributed by atoms with E-state index in [-0.39, 0.29) is 12.6 Å². The Morgan fingerprint density at radius 3 is 2.38 bits per heavy atom. The van der Waals surface area contributed by atoms with Crippen LogP contribution >= 0.6 is 0 Å². The molecule has 1 heterocycles. The smallest absolute Gasteiger partial charge is 0.409 e. The first kappa shape index (κ1) is 13.2. The number of piperazine rings is 1. The van der Waals surface area contributed by atoms with E-state index in [0.29, 0.717) is 13.1 Å². The van der Waals surface area contributed by atoms with Crippen molar-refractivity contribution >= 4 is 16.4 Å². The van der Waals surface area contributed by atoms with Crippen molar-refractivity contribution < 1.29 is 22.1 Å². The normalized spacial score (nSPS) is 23.2. The minimum atomic E-state index is -3.67. The molecule has 0 saturated carbocycles. The molecule has 8 heteroatoms. The van der Waals surface area contributed by atoms with Crippen molar-refractivity contribution in [3.63, 3.8) is 0 Å². The summed E-state index contributed by atoms with van der Waals surface area (Å²) in [5.41, 5.74) is 0. The van der Waals surface area contributed by atoms with Gasteiger partial charge in [-0.1, -0.05) is 0 Å². The number of ether oxygens (including phenoxy) is 1. The van der Waals surface area contributed by atoms with Crippen LogP contribution in [0.25, 0.3) is 0 Å². The summed E-state index contributed by atoms with van der Waals surface area (Å²) in [7, 11) is -1.26. The molecule has 1 saturated heterocycles. The molecule has 0 spiro atoms. The molecule has 1 amide bonds. The average Bonchev–Trinajstić information content (AvgIpc) is 2.27. The third-order valence-electron chi connectivity index (χ3n) is 2.50. The molecular weight excluding hydrogens is 236 g/mol. The quantitative estimate of drug-likeness (QED) is 0.671. The van der Waals surface area contributed by atoms with Gasteiger partial charge >= 0.3 is 16.4 Å². The second-order valence-corrected chi connectivity index (χ2v) is 5.16. The highest BCUT2D eigenvalue weighted by Gasteiger charge is 2.34. The zero-order valence-corrected chi connectivity index (χ0v) is 10.4. The molecule has 16 heavy (non-hydrogen) atoms. The molecule has 1 aliphatic rings. The number of nitrogens with zero attached hydrogens (tertiary/aromatic N) is 2. The molecule has 1 rings (SSSR count). The minimum Gasteiger partial charge on any atom is -0.453 e. The van der Waals surface area contributed by atoms with E-state index in [1.165, 1.54) is 16.3 Å². The molecule has 0 aromatic carbocycles. The van der Waals surface area contributed by atoms with Crippen LogP contribution in [0.1, 0.15) is 6.92 Å². The van der Waals surface area contributed by atoms with Crippen LogP contribution in [0, 0.1) is 0 Å². The fourth-order valence-corrected chi connectivity index (χ4v) is 2.67. The predicted octanol–water partition coefficient (Wildman–Crippen LogP) is -0.350. The Balaban J connectivity index is 2.70. The molecule has 94 valence electrons. The zero-order chi connectivity index (χ0) is 12.3. The number of carbonyl (C=O) groups excluding carboxylic acids is 1. The molecule has 0 bridgehead atoms. The van der Waals surface area contributed by atoms with Crippen LogP contribution in [0.2, 0.25) is 0 Å². The summed E-state index contributed by atoms with van der Waals surface area (Å²) in [4.78, 5) is 12.7. The summed E-state index contributed by atoms with van der Waals surface area (Å²) >= 11 is 0. The zero-order valence-electron chi connectivity index (χ0n) is 9.54. The molecule has 1 atom stereocenters. The van der Waals surface area contributed by atoms with Crippen molar-refractivity contribution in [2.45, 2.75) is 13.0 Å². The van der Waals surface area contributed by atoms with Gasteiger partial charge in [0.2, 0.25) is 0 Å². The van der Waals surface area contributed by atoms with E-state index in [1.807, 2.05) is 0 Å². The van der Waals surface area contributed by atoms with Crippen LogP contribution in [-0.4, -0.2) is 63.6 Å². The van der Waals surface area contributed by atoms with Gasteiger partial charge in [0.15, 0.2) is 0 Å². The third-order valence-corrected chi connectivity index (χ3v) is 4.04. The fraction of sp³-hybridized carbons (Fsp3) is 0.875. The van der Waals surface area contributed by atoms with E-state index in [9.17, 15) is 13.2 Å². The molecule has 1 unspecified atom stereocenters. The maximum absolute atomic E-state index is 11.5. The number of methoxy groups -OCH3 is 1. The van der Waals surface area contributed by atoms with Gasteiger partial charge in [0, 0.05) is 25.7 Å². The van der Waals surface area contributed by atoms with Crippen molar-refractivity contribution in [3.8, 4) is 0 Å². The standard InChI is InChI=1S/C8H16N2O5S/c1-7-6-9(8(11)14-2)4-5-10(7)16(12,13)15-3/h7H,4-6H2,1-3H3. The number of rotatable bonds is 2. The van der Waals surface area contributed by atoms with Gasteiger partial charge < -0.3 is 9.64 Å². The van der Waals surface area contributed by atoms with Gasteiger partial charge in [0.25, 0.3) is 0 Å². The largest absolute Gasteiger partial charge is 0.453 e. The Hall–Kier alpha value is -0.860. The van der Waals surface area contributed by atoms with Gasteiger partial charge in [-0.3, -0.25) is 4.18 Å². The Morgan fingerprint density at radius 2 is 1.94 bits per heavy atom. The van der Waals surface area contributed by atoms with Crippen molar-refractivity contribution in [1.82, 2.24) is 9.21 Å². The van der Waals surface area contributed by atoms with Gasteiger partial charge in [0.05, 0.1) is 14.2 Å². The van der Waals surface area contributed by atoms with Crippen LogP contribution in [0.5, 0.6) is 0 Å². The Kier molecular flexibility index (Phi) is 4.11. The van der Waals surface area contributed by atoms with E-state index in [4.69, 9.17) is 0 Å². The van der Waals surface area contributed by atoms with E-state index >= 15 is 0 Å². The molecule has 0 aromatic heterocycles. The van der Waals surface area contributed by atoms with E-state index in [1.54, 1.807) is 6.92 Å². The third kappa shape index (κ3) is 2.63. The highest BCUT2D eigenvalue weighted by molar-refractivity contribution is 7.84. The lowest BCUT2D eigenvalue weighted by molar-refractivity contribution is 0.0900. The second-order valence-electron chi connectivity index (χ2n) is 3.50. The van der Waals surface area contributed by atoms with E-state index in [0.717, 1.165) is 7.11 Å². The molecule has 0 N–H and O–H groups in total.